The summed E-state index contributed by atoms with van der Waals surface area (Å²) < 4.78 is 5.70. The summed E-state index contributed by atoms with van der Waals surface area (Å²) in [5.74, 6) is -0.0626. The van der Waals surface area contributed by atoms with Crippen LogP contribution in [-0.2, 0) is 17.6 Å². The van der Waals surface area contributed by atoms with E-state index in [1.165, 1.54) is 6.92 Å². The molecule has 0 saturated heterocycles. The van der Waals surface area contributed by atoms with Gasteiger partial charge in [-0.25, -0.2) is 9.67 Å². The van der Waals surface area contributed by atoms with Gasteiger partial charge in [0, 0.05) is 16.6 Å². The Balaban J connectivity index is 1.85. The summed E-state index contributed by atoms with van der Waals surface area (Å²) in [6, 6.07) is 7.14. The Bertz CT molecular complexity index is 966. The number of rotatable bonds is 7. The van der Waals surface area contributed by atoms with Crippen molar-refractivity contribution in [2.75, 3.05) is 5.32 Å². The molecule has 0 spiro atoms. The third-order valence-corrected chi connectivity index (χ3v) is 4.55. The number of carbonyl (C=O) groups excluding carboxylic acids is 2. The van der Waals surface area contributed by atoms with E-state index in [0.29, 0.717) is 28.1 Å². The Kier molecular flexibility index (Phi) is 5.92. The zero-order valence-corrected chi connectivity index (χ0v) is 16.3. The molecule has 3 rings (SSSR count). The zero-order valence-electron chi connectivity index (χ0n) is 14.8. The largest absolute Gasteiger partial charge is 0.300 e. The smallest absolute Gasteiger partial charge is 0.279 e. The van der Waals surface area contributed by atoms with Gasteiger partial charge in [0.1, 0.15) is 5.78 Å². The van der Waals surface area contributed by atoms with Crippen LogP contribution in [0.4, 0.5) is 5.13 Å². The number of carbonyl (C=O) groups is 2. The summed E-state index contributed by atoms with van der Waals surface area (Å²) in [6.45, 7) is 3.48. The number of halogens is 1. The van der Waals surface area contributed by atoms with E-state index in [2.05, 4.69) is 25.0 Å². The SMILES string of the molecule is CCCc1c(C(=O)Nc2nc(CC(C)=O)ns2)nnn1-c1ccc(Cl)cc1. The van der Waals surface area contributed by atoms with Gasteiger partial charge in [-0.05, 0) is 37.6 Å². The van der Waals surface area contributed by atoms with Crippen molar-refractivity contribution in [1.82, 2.24) is 24.4 Å². The van der Waals surface area contributed by atoms with Crippen LogP contribution in [0.1, 0.15) is 42.3 Å². The van der Waals surface area contributed by atoms with E-state index in [1.807, 2.05) is 19.1 Å². The van der Waals surface area contributed by atoms with E-state index in [1.54, 1.807) is 16.8 Å². The third kappa shape index (κ3) is 4.55. The number of anilines is 1. The van der Waals surface area contributed by atoms with Gasteiger partial charge in [-0.1, -0.05) is 30.2 Å². The minimum atomic E-state index is -0.413. The molecule has 27 heavy (non-hydrogen) atoms. The van der Waals surface area contributed by atoms with Crippen molar-refractivity contribution < 1.29 is 9.59 Å². The first-order valence-corrected chi connectivity index (χ1v) is 9.47. The number of ketones is 1. The molecule has 0 saturated carbocycles. The lowest BCUT2D eigenvalue weighted by Gasteiger charge is -2.07. The Hall–Kier alpha value is -2.65. The number of benzene rings is 1. The number of aromatic nitrogens is 5. The zero-order chi connectivity index (χ0) is 19.4. The topological polar surface area (TPSA) is 103 Å². The van der Waals surface area contributed by atoms with Crippen molar-refractivity contribution in [3.05, 3.63) is 46.5 Å². The van der Waals surface area contributed by atoms with Gasteiger partial charge < -0.3 is 0 Å². The van der Waals surface area contributed by atoms with Crippen LogP contribution >= 0.6 is 23.1 Å². The minimum absolute atomic E-state index is 0.0400. The van der Waals surface area contributed by atoms with Crippen LogP contribution in [0, 0.1) is 0 Å². The minimum Gasteiger partial charge on any atom is -0.300 e. The van der Waals surface area contributed by atoms with Gasteiger partial charge in [-0.3, -0.25) is 14.9 Å². The summed E-state index contributed by atoms with van der Waals surface area (Å²) in [5.41, 5.74) is 1.70. The van der Waals surface area contributed by atoms with Crippen LogP contribution in [0.5, 0.6) is 0 Å². The van der Waals surface area contributed by atoms with Crippen LogP contribution in [-0.4, -0.2) is 36.0 Å². The fourth-order valence-electron chi connectivity index (χ4n) is 2.48. The van der Waals surface area contributed by atoms with E-state index >= 15 is 0 Å². The van der Waals surface area contributed by atoms with Crippen LogP contribution in [0.25, 0.3) is 5.69 Å². The molecule has 1 N–H and O–H groups in total. The number of nitrogens with one attached hydrogen (secondary N) is 1. The molecule has 2 heterocycles. The van der Waals surface area contributed by atoms with E-state index in [9.17, 15) is 9.59 Å². The van der Waals surface area contributed by atoms with Crippen molar-refractivity contribution in [1.29, 1.82) is 0 Å². The second-order valence-corrected chi connectivity index (χ2v) is 7.06. The average Bonchev–Trinajstić information content (AvgIpc) is 3.22. The molecule has 8 nitrogen and oxygen atoms in total. The molecule has 2 aromatic heterocycles. The molecule has 1 aromatic carbocycles. The molecule has 0 fully saturated rings. The molecule has 0 radical (unpaired) electrons. The summed E-state index contributed by atoms with van der Waals surface area (Å²) in [4.78, 5) is 28.0. The monoisotopic (exact) mass is 404 g/mol. The maximum atomic E-state index is 12.7. The molecule has 140 valence electrons. The second kappa shape index (κ2) is 8.36. The van der Waals surface area contributed by atoms with Crippen molar-refractivity contribution >= 4 is 40.0 Å². The first kappa shape index (κ1) is 19.1. The highest BCUT2D eigenvalue weighted by atomic mass is 35.5. The Morgan fingerprint density at radius 3 is 2.67 bits per heavy atom. The van der Waals surface area contributed by atoms with Crippen LogP contribution in [0.3, 0.4) is 0 Å². The lowest BCUT2D eigenvalue weighted by atomic mass is 10.2. The highest BCUT2D eigenvalue weighted by molar-refractivity contribution is 7.09. The summed E-state index contributed by atoms with van der Waals surface area (Å²) in [7, 11) is 0. The van der Waals surface area contributed by atoms with E-state index in [-0.39, 0.29) is 17.9 Å². The number of hydrogen-bond donors (Lipinski definition) is 1. The van der Waals surface area contributed by atoms with Crippen molar-refractivity contribution in [2.45, 2.75) is 33.1 Å². The molecule has 0 atom stereocenters. The fourth-order valence-corrected chi connectivity index (χ4v) is 3.19. The average molecular weight is 405 g/mol. The fraction of sp³-hybridized carbons (Fsp3) is 0.294. The van der Waals surface area contributed by atoms with Gasteiger partial charge in [0.25, 0.3) is 5.91 Å². The lowest BCUT2D eigenvalue weighted by Crippen LogP contribution is -2.15. The van der Waals surface area contributed by atoms with Crippen molar-refractivity contribution in [3.63, 3.8) is 0 Å². The van der Waals surface area contributed by atoms with E-state index < -0.39 is 5.91 Å². The lowest BCUT2D eigenvalue weighted by molar-refractivity contribution is -0.116. The highest BCUT2D eigenvalue weighted by Gasteiger charge is 2.21. The maximum absolute atomic E-state index is 12.7. The number of amides is 1. The van der Waals surface area contributed by atoms with Gasteiger partial charge in [0.2, 0.25) is 5.13 Å². The number of hydrogen-bond acceptors (Lipinski definition) is 7. The summed E-state index contributed by atoms with van der Waals surface area (Å²) >= 11 is 6.96. The predicted molar refractivity (Wildman–Crippen MR) is 103 cm³/mol. The molecule has 3 aromatic rings. The van der Waals surface area contributed by atoms with Gasteiger partial charge in [-0.15, -0.1) is 5.10 Å². The number of nitrogens with zero attached hydrogens (tertiary/aromatic N) is 5. The van der Waals surface area contributed by atoms with Crippen LogP contribution in [0.15, 0.2) is 24.3 Å². The Morgan fingerprint density at radius 2 is 2.00 bits per heavy atom. The van der Waals surface area contributed by atoms with Gasteiger partial charge in [0.05, 0.1) is 17.8 Å². The molecule has 10 heteroatoms. The van der Waals surface area contributed by atoms with Gasteiger partial charge in [0.15, 0.2) is 11.5 Å². The first-order valence-electron chi connectivity index (χ1n) is 8.31. The maximum Gasteiger partial charge on any atom is 0.279 e. The van der Waals surface area contributed by atoms with Crippen LogP contribution in [0.2, 0.25) is 5.02 Å². The molecule has 0 aliphatic rings. The summed E-state index contributed by atoms with van der Waals surface area (Å²) in [6.07, 6.45) is 1.59. The number of Topliss-reactive ketones (excluding diaryl/α,β-unsaturated/α-hetero) is 1. The van der Waals surface area contributed by atoms with E-state index in [4.69, 9.17) is 11.6 Å². The standard InChI is InChI=1S/C17H17ClN6O2S/c1-3-4-13-15(21-23-24(13)12-7-5-11(18)6-8-12)16(26)20-17-19-14(22-27-17)9-10(2)25/h5-8H,3-4,9H2,1-2H3,(H,19,20,22,26). The normalized spacial score (nSPS) is 10.8. The molecule has 0 aliphatic carbocycles. The van der Waals surface area contributed by atoms with E-state index in [0.717, 1.165) is 23.6 Å². The predicted octanol–water partition coefficient (Wildman–Crippen LogP) is 3.11. The third-order valence-electron chi connectivity index (χ3n) is 3.63. The summed E-state index contributed by atoms with van der Waals surface area (Å²) in [5, 5.41) is 11.8. The highest BCUT2D eigenvalue weighted by Crippen LogP contribution is 2.19. The molecule has 0 unspecified atom stereocenters. The Morgan fingerprint density at radius 1 is 1.26 bits per heavy atom. The van der Waals surface area contributed by atoms with Gasteiger partial charge >= 0.3 is 0 Å². The van der Waals surface area contributed by atoms with Crippen molar-refractivity contribution in [2.24, 2.45) is 0 Å². The molecule has 0 aliphatic heterocycles. The molecular formula is C17H17ClN6O2S. The van der Waals surface area contributed by atoms with Gasteiger partial charge in [-0.2, -0.15) is 4.37 Å². The van der Waals surface area contributed by atoms with Crippen LogP contribution < -0.4 is 5.32 Å². The molecule has 1 amide bonds. The Labute approximate surface area is 164 Å². The van der Waals surface area contributed by atoms with Crippen molar-refractivity contribution in [3.8, 4) is 5.69 Å². The second-order valence-electron chi connectivity index (χ2n) is 5.87. The molecular weight excluding hydrogens is 388 g/mol. The first-order chi connectivity index (χ1) is 13.0. The molecule has 0 bridgehead atoms. The quantitative estimate of drug-likeness (QED) is 0.649.